The summed E-state index contributed by atoms with van der Waals surface area (Å²) in [5.74, 6) is 0.211. The number of benzene rings is 1. The van der Waals surface area contributed by atoms with Crippen LogP contribution in [-0.2, 0) is 17.1 Å². The van der Waals surface area contributed by atoms with E-state index < -0.39 is 10.0 Å². The second-order valence-corrected chi connectivity index (χ2v) is 8.87. The van der Waals surface area contributed by atoms with Gasteiger partial charge in [0.25, 0.3) is 5.91 Å². The lowest BCUT2D eigenvalue weighted by Gasteiger charge is -2.25. The number of amides is 1. The molecule has 0 spiro atoms. The maximum absolute atomic E-state index is 12.9. The predicted molar refractivity (Wildman–Crippen MR) is 108 cm³/mol. The first kappa shape index (κ1) is 20.4. The fraction of sp³-hybridized carbons (Fsp3) is 0.450. The normalized spacial score (nSPS) is 15.4. The molecular formula is C20H27N3O4S. The molecule has 1 aromatic heterocycles. The molecule has 1 aliphatic rings. The summed E-state index contributed by atoms with van der Waals surface area (Å²) < 4.78 is 34.4. The van der Waals surface area contributed by atoms with Crippen LogP contribution in [-0.4, -0.2) is 42.9 Å². The van der Waals surface area contributed by atoms with Crippen LogP contribution in [0, 0.1) is 0 Å². The quantitative estimate of drug-likeness (QED) is 0.767. The zero-order valence-corrected chi connectivity index (χ0v) is 17.2. The molecule has 0 radical (unpaired) electrons. The zero-order valence-electron chi connectivity index (χ0n) is 16.3. The summed E-state index contributed by atoms with van der Waals surface area (Å²) in [4.78, 5) is 12.9. The van der Waals surface area contributed by atoms with Gasteiger partial charge in [-0.05, 0) is 37.5 Å². The van der Waals surface area contributed by atoms with Gasteiger partial charge < -0.3 is 14.6 Å². The number of anilines is 1. The first-order valence-corrected chi connectivity index (χ1v) is 11.1. The molecule has 1 fully saturated rings. The molecule has 2 heterocycles. The second kappa shape index (κ2) is 8.79. The van der Waals surface area contributed by atoms with Crippen LogP contribution in [0.15, 0.2) is 41.4 Å². The Balaban J connectivity index is 1.80. The van der Waals surface area contributed by atoms with Gasteiger partial charge in [0.15, 0.2) is 0 Å². The SMILES string of the molecule is CCCOc1ccccc1NC(=O)c1cc(S(=O)(=O)N2CCCCC2)cn1C. The van der Waals surface area contributed by atoms with Gasteiger partial charge in [0.2, 0.25) is 10.0 Å². The number of carbonyl (C=O) groups excluding carboxylic acids is 1. The molecule has 1 aliphatic heterocycles. The van der Waals surface area contributed by atoms with Gasteiger partial charge in [0.05, 0.1) is 12.3 Å². The molecule has 0 bridgehead atoms. The van der Waals surface area contributed by atoms with E-state index in [0.29, 0.717) is 31.1 Å². The Bertz CT molecular complexity index is 931. The lowest BCUT2D eigenvalue weighted by atomic mass is 10.2. The molecule has 28 heavy (non-hydrogen) atoms. The van der Waals surface area contributed by atoms with Crippen LogP contribution in [0.4, 0.5) is 5.69 Å². The molecule has 3 rings (SSSR count). The number of carbonyl (C=O) groups is 1. The smallest absolute Gasteiger partial charge is 0.272 e. The van der Waals surface area contributed by atoms with Crippen LogP contribution in [0.3, 0.4) is 0 Å². The van der Waals surface area contributed by atoms with Crippen molar-refractivity contribution in [2.45, 2.75) is 37.5 Å². The Morgan fingerprint density at radius 2 is 1.89 bits per heavy atom. The molecule has 0 atom stereocenters. The van der Waals surface area contributed by atoms with Crippen molar-refractivity contribution in [1.29, 1.82) is 0 Å². The Labute approximate surface area is 166 Å². The van der Waals surface area contributed by atoms with Gasteiger partial charge in [-0.1, -0.05) is 25.5 Å². The van der Waals surface area contributed by atoms with E-state index >= 15 is 0 Å². The van der Waals surface area contributed by atoms with Gasteiger partial charge in [-0.2, -0.15) is 4.31 Å². The lowest BCUT2D eigenvalue weighted by Crippen LogP contribution is -2.35. The average molecular weight is 406 g/mol. The fourth-order valence-electron chi connectivity index (χ4n) is 3.25. The summed E-state index contributed by atoms with van der Waals surface area (Å²) in [6.07, 6.45) is 5.14. The van der Waals surface area contributed by atoms with Crippen LogP contribution in [0.2, 0.25) is 0 Å². The van der Waals surface area contributed by atoms with Gasteiger partial charge >= 0.3 is 0 Å². The van der Waals surface area contributed by atoms with Crippen LogP contribution in [0.25, 0.3) is 0 Å². The highest BCUT2D eigenvalue weighted by Gasteiger charge is 2.28. The van der Waals surface area contributed by atoms with E-state index in [2.05, 4.69) is 5.32 Å². The van der Waals surface area contributed by atoms with Crippen LogP contribution in [0.1, 0.15) is 43.1 Å². The van der Waals surface area contributed by atoms with Gasteiger partial charge in [-0.25, -0.2) is 8.42 Å². The maximum atomic E-state index is 12.9. The van der Waals surface area contributed by atoms with E-state index in [1.165, 1.54) is 16.6 Å². The lowest BCUT2D eigenvalue weighted by molar-refractivity contribution is 0.101. The molecule has 1 saturated heterocycles. The molecule has 1 amide bonds. The number of ether oxygens (including phenoxy) is 1. The molecule has 1 N–H and O–H groups in total. The van der Waals surface area contributed by atoms with Gasteiger partial charge in [-0.3, -0.25) is 4.79 Å². The first-order chi connectivity index (χ1) is 13.4. The third-order valence-electron chi connectivity index (χ3n) is 4.76. The van der Waals surface area contributed by atoms with Crippen molar-refractivity contribution in [2.24, 2.45) is 7.05 Å². The second-order valence-electron chi connectivity index (χ2n) is 6.94. The van der Waals surface area contributed by atoms with E-state index in [1.807, 2.05) is 19.1 Å². The van der Waals surface area contributed by atoms with Crippen LogP contribution >= 0.6 is 0 Å². The zero-order chi connectivity index (χ0) is 20.1. The summed E-state index contributed by atoms with van der Waals surface area (Å²) in [7, 11) is -1.91. The number of nitrogens with zero attached hydrogens (tertiary/aromatic N) is 2. The van der Waals surface area contributed by atoms with Crippen molar-refractivity contribution in [1.82, 2.24) is 8.87 Å². The number of aromatic nitrogens is 1. The minimum absolute atomic E-state index is 0.151. The van der Waals surface area contributed by atoms with E-state index in [1.54, 1.807) is 23.7 Å². The van der Waals surface area contributed by atoms with Gasteiger partial charge in [0, 0.05) is 26.3 Å². The Morgan fingerprint density at radius 3 is 2.61 bits per heavy atom. The van der Waals surface area contributed by atoms with Crippen LogP contribution < -0.4 is 10.1 Å². The standard InChI is InChI=1S/C20H27N3O4S/c1-3-13-27-19-10-6-5-9-17(19)21-20(24)18-14-16(15-22(18)2)28(25,26)23-11-7-4-8-12-23/h5-6,9-10,14-15H,3-4,7-8,11-13H2,1-2H3,(H,21,24). The Kier molecular flexibility index (Phi) is 6.41. The van der Waals surface area contributed by atoms with Crippen molar-refractivity contribution in [3.8, 4) is 5.75 Å². The molecule has 1 aromatic carbocycles. The van der Waals surface area contributed by atoms with Crippen molar-refractivity contribution >= 4 is 21.6 Å². The van der Waals surface area contributed by atoms with Crippen molar-refractivity contribution < 1.29 is 17.9 Å². The van der Waals surface area contributed by atoms with Crippen molar-refractivity contribution in [3.63, 3.8) is 0 Å². The van der Waals surface area contributed by atoms with Crippen molar-refractivity contribution in [2.75, 3.05) is 25.0 Å². The number of sulfonamides is 1. The summed E-state index contributed by atoms with van der Waals surface area (Å²) in [5.41, 5.74) is 0.837. The highest BCUT2D eigenvalue weighted by atomic mass is 32.2. The van der Waals surface area contributed by atoms with Gasteiger partial charge in [0.1, 0.15) is 16.3 Å². The highest BCUT2D eigenvalue weighted by Crippen LogP contribution is 2.26. The molecule has 8 heteroatoms. The minimum atomic E-state index is -3.58. The summed E-state index contributed by atoms with van der Waals surface area (Å²) in [6.45, 7) is 3.62. The number of rotatable bonds is 7. The number of aryl methyl sites for hydroxylation is 1. The molecule has 2 aromatic rings. The topological polar surface area (TPSA) is 80.6 Å². The van der Waals surface area contributed by atoms with Crippen molar-refractivity contribution in [3.05, 3.63) is 42.2 Å². The highest BCUT2D eigenvalue weighted by molar-refractivity contribution is 7.89. The number of hydrogen-bond acceptors (Lipinski definition) is 4. The van der Waals surface area contributed by atoms with E-state index in [0.717, 1.165) is 25.7 Å². The van der Waals surface area contributed by atoms with Gasteiger partial charge in [-0.15, -0.1) is 0 Å². The summed E-state index contributed by atoms with van der Waals surface area (Å²) >= 11 is 0. The average Bonchev–Trinajstić information content (AvgIpc) is 3.10. The van der Waals surface area contributed by atoms with E-state index in [4.69, 9.17) is 4.74 Å². The molecule has 7 nitrogen and oxygen atoms in total. The fourth-order valence-corrected chi connectivity index (χ4v) is 4.84. The Hall–Kier alpha value is -2.32. The molecule has 0 aliphatic carbocycles. The van der Waals surface area contributed by atoms with Crippen LogP contribution in [0.5, 0.6) is 5.75 Å². The number of piperidine rings is 1. The minimum Gasteiger partial charge on any atom is -0.491 e. The third kappa shape index (κ3) is 4.39. The molecule has 152 valence electrons. The van der Waals surface area contributed by atoms with E-state index in [9.17, 15) is 13.2 Å². The Morgan fingerprint density at radius 1 is 1.18 bits per heavy atom. The monoisotopic (exact) mass is 405 g/mol. The first-order valence-electron chi connectivity index (χ1n) is 9.63. The third-order valence-corrected chi connectivity index (χ3v) is 6.63. The summed E-state index contributed by atoms with van der Waals surface area (Å²) in [6, 6.07) is 8.65. The molecule has 0 saturated carbocycles. The number of para-hydroxylation sites is 2. The predicted octanol–water partition coefficient (Wildman–Crippen LogP) is 3.24. The number of hydrogen-bond donors (Lipinski definition) is 1. The van der Waals surface area contributed by atoms with E-state index in [-0.39, 0.29) is 16.5 Å². The number of nitrogens with one attached hydrogen (secondary N) is 1. The molecular weight excluding hydrogens is 378 g/mol. The summed E-state index contributed by atoms with van der Waals surface area (Å²) in [5, 5.41) is 2.83. The maximum Gasteiger partial charge on any atom is 0.272 e. The largest absolute Gasteiger partial charge is 0.491 e. The molecule has 0 unspecified atom stereocenters.